The predicted octanol–water partition coefficient (Wildman–Crippen LogP) is 4.05. The van der Waals surface area contributed by atoms with Crippen molar-refractivity contribution in [3.05, 3.63) is 53.1 Å². The van der Waals surface area contributed by atoms with E-state index in [0.717, 1.165) is 31.5 Å². The fourth-order valence-corrected chi connectivity index (χ4v) is 4.40. The van der Waals surface area contributed by atoms with Gasteiger partial charge in [-0.25, -0.2) is 0 Å². The van der Waals surface area contributed by atoms with Gasteiger partial charge in [0.2, 0.25) is 5.82 Å². The fraction of sp³-hybridized carbons (Fsp3) is 0.429. The lowest BCUT2D eigenvalue weighted by atomic mass is 10.00. The van der Waals surface area contributed by atoms with Crippen LogP contribution in [0.25, 0.3) is 22.8 Å². The van der Waals surface area contributed by atoms with Crippen LogP contribution in [0.1, 0.15) is 43.9 Å². The van der Waals surface area contributed by atoms with E-state index in [1.807, 2.05) is 32.9 Å². The summed E-state index contributed by atoms with van der Waals surface area (Å²) in [6, 6.07) is 13.6. The van der Waals surface area contributed by atoms with Crippen molar-refractivity contribution < 1.29 is 19.2 Å². The summed E-state index contributed by atoms with van der Waals surface area (Å²) in [5, 5.41) is 22.9. The lowest BCUT2D eigenvalue weighted by Gasteiger charge is -2.19. The molecule has 1 aliphatic rings. The number of rotatable bonds is 9. The van der Waals surface area contributed by atoms with Crippen molar-refractivity contribution >= 4 is 5.78 Å². The van der Waals surface area contributed by atoms with E-state index in [0.29, 0.717) is 41.6 Å². The van der Waals surface area contributed by atoms with Crippen LogP contribution in [0.3, 0.4) is 0 Å². The molecule has 1 atom stereocenters. The maximum absolute atomic E-state index is 12.3. The lowest BCUT2D eigenvalue weighted by molar-refractivity contribution is -0.121. The number of fused-ring (bicyclic) bond motifs is 1. The molecule has 188 valence electrons. The number of hydrogen-bond acceptors (Lipinski definition) is 8. The first kappa shape index (κ1) is 25.5. The summed E-state index contributed by atoms with van der Waals surface area (Å²) in [7, 11) is 0. The Hall–Kier alpha value is -3.54. The molecule has 0 unspecified atom stereocenters. The molecule has 1 N–H and O–H groups in total. The van der Waals surface area contributed by atoms with Crippen LogP contribution >= 0.6 is 0 Å². The Morgan fingerprint density at radius 3 is 2.61 bits per heavy atom. The summed E-state index contributed by atoms with van der Waals surface area (Å²) in [6.07, 6.45) is 2.08. The molecule has 0 aliphatic carbocycles. The zero-order chi connectivity index (χ0) is 25.7. The maximum atomic E-state index is 12.3. The zero-order valence-electron chi connectivity index (χ0n) is 21.0. The molecule has 0 amide bonds. The smallest absolute Gasteiger partial charge is 0.258 e. The number of aliphatic hydroxyl groups excluding tert-OH is 1. The van der Waals surface area contributed by atoms with E-state index in [2.05, 4.69) is 33.2 Å². The average Bonchev–Trinajstić information content (AvgIpc) is 3.27. The van der Waals surface area contributed by atoms with Crippen molar-refractivity contribution in [2.75, 3.05) is 26.2 Å². The third-order valence-corrected chi connectivity index (χ3v) is 6.28. The van der Waals surface area contributed by atoms with Gasteiger partial charge < -0.3 is 14.4 Å². The lowest BCUT2D eigenvalue weighted by Crippen LogP contribution is -2.32. The van der Waals surface area contributed by atoms with Gasteiger partial charge in [0.25, 0.3) is 5.89 Å². The van der Waals surface area contributed by atoms with Gasteiger partial charge in [0.1, 0.15) is 17.6 Å². The van der Waals surface area contributed by atoms with E-state index in [4.69, 9.17) is 9.26 Å². The number of aliphatic hydroxyl groups is 1. The van der Waals surface area contributed by atoms with E-state index in [9.17, 15) is 15.2 Å². The zero-order valence-corrected chi connectivity index (χ0v) is 21.0. The third kappa shape index (κ3) is 6.17. The molecule has 2 aromatic carbocycles. The molecule has 0 saturated heterocycles. The molecular formula is C28H32N4O4. The Balaban J connectivity index is 1.47. The van der Waals surface area contributed by atoms with Crippen LogP contribution in [0.4, 0.5) is 0 Å². The number of ether oxygens (including phenoxy) is 1. The van der Waals surface area contributed by atoms with Gasteiger partial charge in [-0.1, -0.05) is 24.2 Å². The van der Waals surface area contributed by atoms with Crippen molar-refractivity contribution in [1.29, 1.82) is 5.26 Å². The van der Waals surface area contributed by atoms with Crippen molar-refractivity contribution in [2.45, 2.75) is 46.1 Å². The number of hydrogen-bond donors (Lipinski definition) is 1. The molecule has 0 fully saturated rings. The summed E-state index contributed by atoms with van der Waals surface area (Å²) in [5.41, 5.74) is 4.43. The molecule has 0 saturated carbocycles. The number of carbonyl (C=O) groups excluding carboxylic acids is 1. The second kappa shape index (κ2) is 11.5. The van der Waals surface area contributed by atoms with Gasteiger partial charge in [-0.05, 0) is 68.0 Å². The molecule has 0 spiro atoms. The van der Waals surface area contributed by atoms with E-state index in [-0.39, 0.29) is 24.4 Å². The summed E-state index contributed by atoms with van der Waals surface area (Å²) >= 11 is 0. The summed E-state index contributed by atoms with van der Waals surface area (Å²) < 4.78 is 11.2. The van der Waals surface area contributed by atoms with Gasteiger partial charge in [-0.3, -0.25) is 9.69 Å². The van der Waals surface area contributed by atoms with Gasteiger partial charge in [-0.2, -0.15) is 10.2 Å². The van der Waals surface area contributed by atoms with Crippen LogP contribution in [0.5, 0.6) is 5.75 Å². The van der Waals surface area contributed by atoms with Crippen molar-refractivity contribution in [1.82, 2.24) is 15.0 Å². The number of ketones is 1. The standard InChI is InChI=1S/C28H32N4O4/c1-18(2)35-26-7-6-23(14-24(26)15-29)28-30-27(31-36-28)22-5-4-20-8-10-32(11-9-21(20)13-22)16-25(34)12-19(3)17-33/h4-7,13-14,18-19,33H,8-12,16-17H2,1-3H3/t19-/m1/s1. The van der Waals surface area contributed by atoms with Crippen LogP contribution in [-0.4, -0.2) is 58.3 Å². The first-order chi connectivity index (χ1) is 17.4. The third-order valence-electron chi connectivity index (χ3n) is 6.28. The highest BCUT2D eigenvalue weighted by Gasteiger charge is 2.19. The van der Waals surface area contributed by atoms with Crippen LogP contribution in [0.15, 0.2) is 40.9 Å². The molecule has 1 aliphatic heterocycles. The number of nitriles is 1. The van der Waals surface area contributed by atoms with Gasteiger partial charge in [-0.15, -0.1) is 0 Å². The molecule has 0 bridgehead atoms. The molecule has 8 heteroatoms. The largest absolute Gasteiger partial charge is 0.490 e. The Bertz CT molecular complexity index is 1260. The molecule has 8 nitrogen and oxygen atoms in total. The Kier molecular flexibility index (Phi) is 8.14. The van der Waals surface area contributed by atoms with Crippen LogP contribution < -0.4 is 4.74 Å². The number of nitrogens with zero attached hydrogens (tertiary/aromatic N) is 4. The van der Waals surface area contributed by atoms with Gasteiger partial charge in [0, 0.05) is 37.2 Å². The molecule has 4 rings (SSSR count). The summed E-state index contributed by atoms with van der Waals surface area (Å²) in [6.45, 7) is 7.80. The Morgan fingerprint density at radius 1 is 1.14 bits per heavy atom. The van der Waals surface area contributed by atoms with E-state index in [1.54, 1.807) is 12.1 Å². The quantitative estimate of drug-likeness (QED) is 0.480. The summed E-state index contributed by atoms with van der Waals surface area (Å²) in [5.74, 6) is 1.53. The average molecular weight is 489 g/mol. The second-order valence-electron chi connectivity index (χ2n) is 9.70. The van der Waals surface area contributed by atoms with Crippen LogP contribution in [0.2, 0.25) is 0 Å². The van der Waals surface area contributed by atoms with Crippen molar-refractivity contribution in [3.8, 4) is 34.7 Å². The monoisotopic (exact) mass is 488 g/mol. The number of benzene rings is 2. The van der Waals surface area contributed by atoms with E-state index < -0.39 is 0 Å². The highest BCUT2D eigenvalue weighted by molar-refractivity contribution is 5.80. The molecule has 3 aromatic rings. The van der Waals surface area contributed by atoms with Gasteiger partial charge in [0.15, 0.2) is 0 Å². The minimum atomic E-state index is -0.0336. The maximum Gasteiger partial charge on any atom is 0.258 e. The first-order valence-corrected chi connectivity index (χ1v) is 12.4. The topological polar surface area (TPSA) is 112 Å². The number of aromatic nitrogens is 2. The number of Topliss-reactive ketones (excluding diaryl/α,β-unsaturated/α-hetero) is 1. The van der Waals surface area contributed by atoms with Gasteiger partial charge in [0.05, 0.1) is 18.2 Å². The minimum Gasteiger partial charge on any atom is -0.490 e. The van der Waals surface area contributed by atoms with Crippen LogP contribution in [0, 0.1) is 17.2 Å². The SMILES string of the molecule is CC(C)Oc1ccc(-c2nc(-c3ccc4c(c3)CCN(CC(=O)C[C@@H](C)CO)CC4)no2)cc1C#N. The normalized spacial score (nSPS) is 14.7. The predicted molar refractivity (Wildman–Crippen MR) is 135 cm³/mol. The van der Waals surface area contributed by atoms with E-state index in [1.165, 1.54) is 11.1 Å². The Morgan fingerprint density at radius 2 is 1.89 bits per heavy atom. The molecule has 1 aromatic heterocycles. The van der Waals surface area contributed by atoms with Crippen molar-refractivity contribution in [3.63, 3.8) is 0 Å². The first-order valence-electron chi connectivity index (χ1n) is 12.4. The van der Waals surface area contributed by atoms with E-state index >= 15 is 0 Å². The fourth-order valence-electron chi connectivity index (χ4n) is 4.40. The Labute approximate surface area is 211 Å². The van der Waals surface area contributed by atoms with Crippen LogP contribution in [-0.2, 0) is 17.6 Å². The second-order valence-corrected chi connectivity index (χ2v) is 9.70. The molecule has 2 heterocycles. The number of carbonyl (C=O) groups is 1. The van der Waals surface area contributed by atoms with Gasteiger partial charge >= 0.3 is 0 Å². The molecule has 36 heavy (non-hydrogen) atoms. The molecular weight excluding hydrogens is 456 g/mol. The highest BCUT2D eigenvalue weighted by atomic mass is 16.5. The highest BCUT2D eigenvalue weighted by Crippen LogP contribution is 2.29. The van der Waals surface area contributed by atoms with Crippen molar-refractivity contribution in [2.24, 2.45) is 5.92 Å². The summed E-state index contributed by atoms with van der Waals surface area (Å²) in [4.78, 5) is 19.1. The minimum absolute atomic E-state index is 0.00175. The molecule has 0 radical (unpaired) electrons.